The lowest BCUT2D eigenvalue weighted by Gasteiger charge is -2.38. The molecule has 1 aliphatic heterocycles. The van der Waals surface area contributed by atoms with Gasteiger partial charge in [0.25, 0.3) is 15.6 Å². The van der Waals surface area contributed by atoms with Gasteiger partial charge in [-0.3, -0.25) is 13.4 Å². The maximum Gasteiger partial charge on any atom is 0.278 e. The van der Waals surface area contributed by atoms with Crippen LogP contribution in [0.3, 0.4) is 0 Å². The number of phosphoric ester groups is 1. The highest BCUT2D eigenvalue weighted by Gasteiger charge is 2.44. The summed E-state index contributed by atoms with van der Waals surface area (Å²) in [5.41, 5.74) is -1.44. The number of phosphoric acid groups is 3. The van der Waals surface area contributed by atoms with E-state index in [1.165, 1.54) is 6.92 Å². The molecule has 0 radical (unpaired) electrons. The number of hydrogen-bond donors (Lipinski definition) is 1. The zero-order valence-corrected chi connectivity index (χ0v) is 14.0. The second-order valence-corrected chi connectivity index (χ2v) is 9.02. The molecule has 0 spiro atoms. The van der Waals surface area contributed by atoms with Crippen molar-refractivity contribution in [2.45, 2.75) is 38.1 Å². The summed E-state index contributed by atoms with van der Waals surface area (Å²) in [7, 11) is -17.6. The van der Waals surface area contributed by atoms with Gasteiger partial charge in [0.2, 0.25) is 0 Å². The Hall–Kier alpha value is 0.330. The fraction of sp³-hybridized carbons (Fsp3) is 1.00. The van der Waals surface area contributed by atoms with Crippen LogP contribution in [0.25, 0.3) is 0 Å². The number of rotatable bonds is 7. The van der Waals surface area contributed by atoms with E-state index >= 15 is 0 Å². The highest BCUT2D eigenvalue weighted by molar-refractivity contribution is 7.64. The molecule has 5 atom stereocenters. The van der Waals surface area contributed by atoms with Crippen LogP contribution < -0.4 is 19.6 Å². The second-order valence-electron chi connectivity index (χ2n) is 4.77. The molecule has 15 heteroatoms. The molecular weight excluding hydrogens is 369 g/mol. The summed E-state index contributed by atoms with van der Waals surface area (Å²) in [6.07, 6.45) is -1.28. The van der Waals surface area contributed by atoms with Crippen molar-refractivity contribution in [3.63, 3.8) is 0 Å². The minimum absolute atomic E-state index is 0.197. The van der Waals surface area contributed by atoms with E-state index in [0.717, 1.165) is 0 Å². The Kier molecular flexibility index (Phi) is 6.19. The van der Waals surface area contributed by atoms with Gasteiger partial charge in [-0.2, -0.15) is 0 Å². The first-order chi connectivity index (χ1) is 9.64. The Morgan fingerprint density at radius 3 is 2.14 bits per heavy atom. The predicted octanol–water partition coefficient (Wildman–Crippen LogP) is -2.27. The molecule has 12 nitrogen and oxygen atoms in total. The molecule has 1 aliphatic rings. The van der Waals surface area contributed by atoms with Crippen molar-refractivity contribution < 1.29 is 56.3 Å². The van der Waals surface area contributed by atoms with Gasteiger partial charge in [-0.25, -0.2) is 4.31 Å². The first kappa shape index (κ1) is 20.4. The van der Waals surface area contributed by atoms with E-state index in [2.05, 4.69) is 13.1 Å². The van der Waals surface area contributed by atoms with Crippen molar-refractivity contribution in [2.24, 2.45) is 0 Å². The van der Waals surface area contributed by atoms with Gasteiger partial charge < -0.3 is 38.5 Å². The minimum atomic E-state index is -6.03. The minimum Gasteiger partial charge on any atom is -0.790 e. The summed E-state index contributed by atoms with van der Waals surface area (Å²) in [5.74, 6) is 0. The van der Waals surface area contributed by atoms with Crippen molar-refractivity contribution in [1.82, 2.24) is 0 Å². The van der Waals surface area contributed by atoms with E-state index < -0.39 is 47.9 Å². The van der Waals surface area contributed by atoms with Crippen LogP contribution in [0.5, 0.6) is 0 Å². The lowest BCUT2D eigenvalue weighted by Crippen LogP contribution is -2.41. The molecule has 132 valence electrons. The summed E-state index contributed by atoms with van der Waals surface area (Å²) in [4.78, 5) is 42.5. The molecule has 0 aromatic carbocycles. The summed E-state index contributed by atoms with van der Waals surface area (Å²) in [6.45, 7) is 2.13. The monoisotopic (exact) mass is 382 g/mol. The van der Waals surface area contributed by atoms with Gasteiger partial charge in [-0.15, -0.1) is 0 Å². The van der Waals surface area contributed by atoms with Crippen molar-refractivity contribution in [1.29, 1.82) is 0 Å². The fourth-order valence-electron chi connectivity index (χ4n) is 1.77. The predicted molar refractivity (Wildman–Crippen MR) is 60.5 cm³/mol. The van der Waals surface area contributed by atoms with E-state index in [9.17, 15) is 38.4 Å². The van der Waals surface area contributed by atoms with Gasteiger partial charge in [-0.1, -0.05) is 0 Å². The molecule has 0 aromatic heterocycles. The van der Waals surface area contributed by atoms with Crippen LogP contribution in [0.1, 0.15) is 20.3 Å². The van der Waals surface area contributed by atoms with Gasteiger partial charge in [0.05, 0.1) is 26.6 Å². The third-order valence-electron chi connectivity index (χ3n) is 2.64. The zero-order chi connectivity index (χ0) is 17.4. The average molecular weight is 382 g/mol. The summed E-state index contributed by atoms with van der Waals surface area (Å²) in [6, 6.07) is 0. The maximum atomic E-state index is 11.3. The van der Waals surface area contributed by atoms with Crippen molar-refractivity contribution in [3.8, 4) is 0 Å². The van der Waals surface area contributed by atoms with Crippen LogP contribution in [0.2, 0.25) is 0 Å². The van der Waals surface area contributed by atoms with Crippen LogP contribution in [0.15, 0.2) is 0 Å². The quantitative estimate of drug-likeness (QED) is 0.463. The van der Waals surface area contributed by atoms with Gasteiger partial charge in [0.1, 0.15) is 5.60 Å². The lowest BCUT2D eigenvalue weighted by atomic mass is 10.0. The Labute approximate surface area is 125 Å². The molecule has 1 saturated heterocycles. The van der Waals surface area contributed by atoms with E-state index in [1.807, 2.05) is 0 Å². The first-order valence-electron chi connectivity index (χ1n) is 5.71. The highest BCUT2D eigenvalue weighted by atomic mass is 31.3. The number of hydrogen-bond acceptors (Lipinski definition) is 12. The normalized spacial score (nSPS) is 35.0. The van der Waals surface area contributed by atoms with E-state index in [4.69, 9.17) is 4.74 Å². The highest BCUT2D eigenvalue weighted by Crippen LogP contribution is 2.60. The number of aliphatic hydroxyl groups excluding tert-OH is 1. The molecule has 1 fully saturated rings. The third-order valence-corrected chi connectivity index (χ3v) is 6.29. The van der Waals surface area contributed by atoms with Crippen molar-refractivity contribution >= 4 is 23.5 Å². The summed E-state index contributed by atoms with van der Waals surface area (Å²) >= 11 is 0. The Balaban J connectivity index is 2.67. The van der Waals surface area contributed by atoms with Crippen LogP contribution >= 0.6 is 23.5 Å². The maximum absolute atomic E-state index is 11.3. The lowest BCUT2D eigenvalue weighted by molar-refractivity contribution is -0.339. The molecular formula is C7H13O12P3-4. The molecule has 0 amide bonds. The van der Waals surface area contributed by atoms with Crippen molar-refractivity contribution in [3.05, 3.63) is 0 Å². The zero-order valence-electron chi connectivity index (χ0n) is 11.3. The van der Waals surface area contributed by atoms with E-state index in [0.29, 0.717) is 0 Å². The molecule has 22 heavy (non-hydrogen) atoms. The van der Waals surface area contributed by atoms with E-state index in [1.54, 1.807) is 6.92 Å². The van der Waals surface area contributed by atoms with Crippen LogP contribution in [0, 0.1) is 0 Å². The molecule has 0 saturated carbocycles. The second kappa shape index (κ2) is 6.68. The number of aliphatic hydroxyl groups is 1. The topological polar surface area (TPSA) is 201 Å². The van der Waals surface area contributed by atoms with E-state index in [-0.39, 0.29) is 6.42 Å². The summed E-state index contributed by atoms with van der Waals surface area (Å²) < 4.78 is 48.3. The molecule has 5 unspecified atom stereocenters. The molecule has 1 heterocycles. The molecule has 1 N–H and O–H groups in total. The van der Waals surface area contributed by atoms with Gasteiger partial charge in [0.15, 0.2) is 0 Å². The third kappa shape index (κ3) is 6.45. The Bertz CT molecular complexity index is 543. The first-order valence-corrected chi connectivity index (χ1v) is 10.1. The van der Waals surface area contributed by atoms with Gasteiger partial charge >= 0.3 is 0 Å². The summed E-state index contributed by atoms with van der Waals surface area (Å²) in [5, 5.41) is 9.70. The van der Waals surface area contributed by atoms with Crippen LogP contribution in [0.4, 0.5) is 0 Å². The van der Waals surface area contributed by atoms with Crippen LogP contribution in [-0.4, -0.2) is 29.5 Å². The smallest absolute Gasteiger partial charge is 0.278 e. The average Bonchev–Trinajstić information content (AvgIpc) is 2.45. The SMILES string of the molecule is CC1CC(O)C(C)(COP(=O)([O-])OP(=O)([O-])OP(=O)([O-])[O-])O1. The standard InChI is InChI=1S/C7H17O12P3/c1-5-3-6(8)7(2,17-5)4-16-21(12,13)19-22(14,15)18-20(9,10)11/h5-6,8H,3-4H2,1-2H3,(H,12,13)(H,14,15)(H2,9,10,11)/p-4. The van der Waals surface area contributed by atoms with Crippen LogP contribution in [-0.2, 0) is 31.6 Å². The molecule has 0 aromatic rings. The molecule has 1 rings (SSSR count). The Morgan fingerprint density at radius 1 is 1.18 bits per heavy atom. The number of ether oxygens (including phenoxy) is 1. The van der Waals surface area contributed by atoms with Gasteiger partial charge in [-0.05, 0) is 13.8 Å². The fourth-order valence-corrected chi connectivity index (χ4v) is 4.72. The molecule has 0 aliphatic carbocycles. The molecule has 0 bridgehead atoms. The van der Waals surface area contributed by atoms with Gasteiger partial charge in [0, 0.05) is 6.42 Å². The van der Waals surface area contributed by atoms with Crippen molar-refractivity contribution in [2.75, 3.05) is 6.61 Å². The largest absolute Gasteiger partial charge is 0.790 e. The Morgan fingerprint density at radius 2 is 1.73 bits per heavy atom.